The Morgan fingerprint density at radius 3 is 2.54 bits per heavy atom. The summed E-state index contributed by atoms with van der Waals surface area (Å²) in [4.78, 5) is 3.92. The monoisotopic (exact) mass is 179 g/mol. The molecule has 70 valence electrons. The lowest BCUT2D eigenvalue weighted by molar-refractivity contribution is 0.508. The fourth-order valence-corrected chi connectivity index (χ4v) is 0.928. The Hall–Kier alpha value is -1.50. The second-order valence-electron chi connectivity index (χ2n) is 3.90. The zero-order valence-electron chi connectivity index (χ0n) is 8.30. The third-order valence-electron chi connectivity index (χ3n) is 1.33. The normalized spacial score (nSPS) is 11.0. The van der Waals surface area contributed by atoms with Gasteiger partial charge in [0.25, 0.3) is 0 Å². The third-order valence-corrected chi connectivity index (χ3v) is 1.33. The zero-order valence-corrected chi connectivity index (χ0v) is 8.30. The van der Waals surface area contributed by atoms with Gasteiger partial charge in [-0.05, 0) is 20.8 Å². The van der Waals surface area contributed by atoms with Crippen LogP contribution >= 0.6 is 0 Å². The number of oxazole rings is 1. The fraction of sp³-hybridized carbons (Fsp3) is 0.556. The van der Waals surface area contributed by atoms with Gasteiger partial charge in [0.05, 0.1) is 0 Å². The number of aromatic nitrogens is 1. The van der Waals surface area contributed by atoms with E-state index >= 15 is 0 Å². The SMILES string of the molecule is Cc1nc(C#N)c(NC(C)(C)C)o1. The standard InChI is InChI=1S/C9H13N3O/c1-6-11-7(5-10)8(13-6)12-9(2,3)4/h12H,1-4H3. The predicted molar refractivity (Wildman–Crippen MR) is 49.3 cm³/mol. The summed E-state index contributed by atoms with van der Waals surface area (Å²) in [6.45, 7) is 7.69. The molecule has 1 N–H and O–H groups in total. The molecule has 0 spiro atoms. The quantitative estimate of drug-likeness (QED) is 0.716. The van der Waals surface area contributed by atoms with Crippen LogP contribution in [-0.4, -0.2) is 10.5 Å². The first kappa shape index (κ1) is 9.59. The summed E-state index contributed by atoms with van der Waals surface area (Å²) in [5, 5.41) is 11.8. The van der Waals surface area contributed by atoms with Crippen molar-refractivity contribution in [1.29, 1.82) is 5.26 Å². The molecule has 0 aliphatic carbocycles. The van der Waals surface area contributed by atoms with Crippen molar-refractivity contribution in [1.82, 2.24) is 4.98 Å². The predicted octanol–water partition coefficient (Wildman–Crippen LogP) is 2.07. The molecule has 1 heterocycles. The summed E-state index contributed by atoms with van der Waals surface area (Å²) >= 11 is 0. The van der Waals surface area contributed by atoms with Gasteiger partial charge >= 0.3 is 0 Å². The van der Waals surface area contributed by atoms with Crippen molar-refractivity contribution < 1.29 is 4.42 Å². The number of rotatable bonds is 1. The Bertz CT molecular complexity index is 341. The van der Waals surface area contributed by atoms with Gasteiger partial charge in [-0.3, -0.25) is 0 Å². The van der Waals surface area contributed by atoms with Gasteiger partial charge in [-0.15, -0.1) is 0 Å². The van der Waals surface area contributed by atoms with Crippen LogP contribution in [0.25, 0.3) is 0 Å². The van der Waals surface area contributed by atoms with E-state index in [1.54, 1.807) is 6.92 Å². The van der Waals surface area contributed by atoms with Crippen molar-refractivity contribution >= 4 is 5.88 Å². The van der Waals surface area contributed by atoms with Gasteiger partial charge in [0.1, 0.15) is 6.07 Å². The highest BCUT2D eigenvalue weighted by Crippen LogP contribution is 2.19. The van der Waals surface area contributed by atoms with Gasteiger partial charge in [-0.25, -0.2) is 4.98 Å². The Balaban J connectivity index is 2.95. The van der Waals surface area contributed by atoms with Gasteiger partial charge < -0.3 is 9.73 Å². The molecular formula is C9H13N3O. The maximum absolute atomic E-state index is 8.72. The van der Waals surface area contributed by atoms with E-state index in [0.717, 1.165) is 0 Å². The molecule has 1 aromatic rings. The van der Waals surface area contributed by atoms with Crippen LogP contribution in [0.4, 0.5) is 5.88 Å². The Labute approximate surface area is 77.6 Å². The molecule has 0 aromatic carbocycles. The second kappa shape index (κ2) is 3.09. The molecule has 1 rings (SSSR count). The highest BCUT2D eigenvalue weighted by atomic mass is 16.4. The fourth-order valence-electron chi connectivity index (χ4n) is 0.928. The van der Waals surface area contributed by atoms with Crippen LogP contribution in [0.5, 0.6) is 0 Å². The molecule has 0 bridgehead atoms. The molecule has 13 heavy (non-hydrogen) atoms. The van der Waals surface area contributed by atoms with Crippen LogP contribution in [-0.2, 0) is 0 Å². The molecule has 4 heteroatoms. The topological polar surface area (TPSA) is 61.9 Å². The summed E-state index contributed by atoms with van der Waals surface area (Å²) in [5.74, 6) is 0.954. The van der Waals surface area contributed by atoms with E-state index in [2.05, 4.69) is 10.3 Å². The summed E-state index contributed by atoms with van der Waals surface area (Å²) < 4.78 is 5.24. The molecule has 0 amide bonds. The highest BCUT2D eigenvalue weighted by Gasteiger charge is 2.16. The molecule has 0 radical (unpaired) electrons. The molecule has 0 aliphatic heterocycles. The zero-order chi connectivity index (χ0) is 10.1. The van der Waals surface area contributed by atoms with Crippen molar-refractivity contribution in [3.8, 4) is 6.07 Å². The van der Waals surface area contributed by atoms with Crippen molar-refractivity contribution in [2.24, 2.45) is 0 Å². The van der Waals surface area contributed by atoms with Crippen molar-refractivity contribution in [2.75, 3.05) is 5.32 Å². The first-order valence-corrected chi connectivity index (χ1v) is 4.08. The minimum absolute atomic E-state index is 0.127. The lowest BCUT2D eigenvalue weighted by Crippen LogP contribution is -2.26. The molecule has 0 saturated heterocycles. The number of anilines is 1. The molecule has 4 nitrogen and oxygen atoms in total. The minimum Gasteiger partial charge on any atom is -0.424 e. The molecule has 0 saturated carbocycles. The van der Waals surface area contributed by atoms with E-state index in [0.29, 0.717) is 17.5 Å². The number of nitriles is 1. The van der Waals surface area contributed by atoms with Crippen LogP contribution in [0.3, 0.4) is 0 Å². The summed E-state index contributed by atoms with van der Waals surface area (Å²) in [7, 11) is 0. The van der Waals surface area contributed by atoms with Gasteiger partial charge in [0.2, 0.25) is 11.6 Å². The van der Waals surface area contributed by atoms with E-state index in [1.807, 2.05) is 26.8 Å². The number of nitrogens with zero attached hydrogens (tertiary/aromatic N) is 2. The number of hydrogen-bond donors (Lipinski definition) is 1. The van der Waals surface area contributed by atoms with Crippen molar-refractivity contribution in [2.45, 2.75) is 33.2 Å². The Morgan fingerprint density at radius 2 is 2.08 bits per heavy atom. The lowest BCUT2D eigenvalue weighted by atomic mass is 10.1. The average Bonchev–Trinajstić information content (AvgIpc) is 2.27. The minimum atomic E-state index is -0.127. The van der Waals surface area contributed by atoms with Crippen LogP contribution in [0, 0.1) is 18.3 Å². The van der Waals surface area contributed by atoms with E-state index in [9.17, 15) is 0 Å². The lowest BCUT2D eigenvalue weighted by Gasteiger charge is -2.19. The molecule has 1 aromatic heterocycles. The number of hydrogen-bond acceptors (Lipinski definition) is 4. The third kappa shape index (κ3) is 2.48. The van der Waals surface area contributed by atoms with Gasteiger partial charge in [0, 0.05) is 12.5 Å². The molecule has 0 atom stereocenters. The maximum atomic E-state index is 8.72. The van der Waals surface area contributed by atoms with Gasteiger partial charge in [-0.2, -0.15) is 5.26 Å². The van der Waals surface area contributed by atoms with Crippen molar-refractivity contribution in [3.05, 3.63) is 11.6 Å². The summed E-state index contributed by atoms with van der Waals surface area (Å²) in [6, 6.07) is 1.97. The average molecular weight is 179 g/mol. The van der Waals surface area contributed by atoms with E-state index in [-0.39, 0.29) is 5.54 Å². The van der Waals surface area contributed by atoms with Crippen LogP contribution < -0.4 is 5.32 Å². The first-order valence-electron chi connectivity index (χ1n) is 4.08. The smallest absolute Gasteiger partial charge is 0.232 e. The Morgan fingerprint density at radius 1 is 1.46 bits per heavy atom. The van der Waals surface area contributed by atoms with E-state index < -0.39 is 0 Å². The Kier molecular flexibility index (Phi) is 2.28. The van der Waals surface area contributed by atoms with Gasteiger partial charge in [0.15, 0.2) is 5.89 Å². The summed E-state index contributed by atoms with van der Waals surface area (Å²) in [5.41, 5.74) is 0.185. The first-order chi connectivity index (χ1) is 5.92. The van der Waals surface area contributed by atoms with Crippen LogP contribution in [0.2, 0.25) is 0 Å². The van der Waals surface area contributed by atoms with E-state index in [4.69, 9.17) is 9.68 Å². The molecule has 0 fully saturated rings. The van der Waals surface area contributed by atoms with Gasteiger partial charge in [-0.1, -0.05) is 0 Å². The maximum Gasteiger partial charge on any atom is 0.232 e. The molecular weight excluding hydrogens is 166 g/mol. The van der Waals surface area contributed by atoms with Crippen molar-refractivity contribution in [3.63, 3.8) is 0 Å². The number of aryl methyl sites for hydroxylation is 1. The molecule has 0 aliphatic rings. The second-order valence-corrected chi connectivity index (χ2v) is 3.90. The largest absolute Gasteiger partial charge is 0.424 e. The summed E-state index contributed by atoms with van der Waals surface area (Å²) in [6.07, 6.45) is 0. The highest BCUT2D eigenvalue weighted by molar-refractivity contribution is 5.46. The van der Waals surface area contributed by atoms with Crippen LogP contribution in [0.1, 0.15) is 32.4 Å². The van der Waals surface area contributed by atoms with E-state index in [1.165, 1.54) is 0 Å². The number of nitrogens with one attached hydrogen (secondary N) is 1. The molecule has 0 unspecified atom stereocenters. The van der Waals surface area contributed by atoms with Crippen LogP contribution in [0.15, 0.2) is 4.42 Å².